The lowest BCUT2D eigenvalue weighted by atomic mass is 10.1. The molecule has 0 N–H and O–H groups in total. The molecule has 1 fully saturated rings. The van der Waals surface area contributed by atoms with Crippen molar-refractivity contribution in [1.82, 2.24) is 15.0 Å². The molecule has 4 atom stereocenters. The second kappa shape index (κ2) is 13.3. The Kier molecular flexibility index (Phi) is 9.08. The SMILES string of the molecule is COC(=O)c1cn([C@@H]2O[C@H](COCc3ccccc3)[C@@H](OCc3ccccc3)[C@@H]2OCc2ccccc2)nn1. The number of hydrogen-bond donors (Lipinski definition) is 0. The monoisotopic (exact) mass is 529 g/mol. The molecule has 0 amide bonds. The van der Waals surface area contributed by atoms with Crippen molar-refractivity contribution in [1.29, 1.82) is 0 Å². The number of esters is 1. The molecule has 1 aliphatic heterocycles. The number of ether oxygens (including phenoxy) is 5. The summed E-state index contributed by atoms with van der Waals surface area (Å²) in [5.41, 5.74) is 3.18. The lowest BCUT2D eigenvalue weighted by Gasteiger charge is -2.25. The predicted octanol–water partition coefficient (Wildman–Crippen LogP) is 4.35. The van der Waals surface area contributed by atoms with Crippen molar-refractivity contribution in [3.63, 3.8) is 0 Å². The largest absolute Gasteiger partial charge is 0.464 e. The number of carbonyl (C=O) groups excluding carboxylic acids is 1. The Morgan fingerprint density at radius 3 is 1.90 bits per heavy atom. The first-order valence-electron chi connectivity index (χ1n) is 12.8. The van der Waals surface area contributed by atoms with Crippen LogP contribution >= 0.6 is 0 Å². The Labute approximate surface area is 227 Å². The fourth-order valence-electron chi connectivity index (χ4n) is 4.43. The highest BCUT2D eigenvalue weighted by atomic mass is 16.6. The fraction of sp³-hybridized carbons (Fsp3) is 0.300. The molecule has 0 aliphatic carbocycles. The van der Waals surface area contributed by atoms with Gasteiger partial charge in [-0.1, -0.05) is 96.2 Å². The molecule has 0 radical (unpaired) electrons. The highest BCUT2D eigenvalue weighted by Crippen LogP contribution is 2.35. The number of hydrogen-bond acceptors (Lipinski definition) is 8. The summed E-state index contributed by atoms with van der Waals surface area (Å²) < 4.78 is 31.7. The van der Waals surface area contributed by atoms with Gasteiger partial charge in [0.15, 0.2) is 11.9 Å². The molecule has 3 aromatic carbocycles. The Morgan fingerprint density at radius 2 is 1.33 bits per heavy atom. The third-order valence-corrected chi connectivity index (χ3v) is 6.42. The van der Waals surface area contributed by atoms with Gasteiger partial charge >= 0.3 is 5.97 Å². The van der Waals surface area contributed by atoms with Gasteiger partial charge in [0.05, 0.1) is 39.7 Å². The molecular weight excluding hydrogens is 498 g/mol. The number of carbonyl (C=O) groups is 1. The zero-order chi connectivity index (χ0) is 26.9. The van der Waals surface area contributed by atoms with Crippen LogP contribution in [0.25, 0.3) is 0 Å². The van der Waals surface area contributed by atoms with Crippen molar-refractivity contribution >= 4 is 5.97 Å². The molecule has 1 saturated heterocycles. The molecule has 2 heterocycles. The molecule has 5 rings (SSSR count). The molecule has 0 saturated carbocycles. The first-order chi connectivity index (χ1) is 19.2. The Hall–Kier alpha value is -3.89. The quantitative estimate of drug-likeness (QED) is 0.250. The van der Waals surface area contributed by atoms with E-state index >= 15 is 0 Å². The van der Waals surface area contributed by atoms with E-state index in [1.54, 1.807) is 0 Å². The molecule has 0 bridgehead atoms. The number of aromatic nitrogens is 3. The van der Waals surface area contributed by atoms with Gasteiger partial charge in [-0.2, -0.15) is 0 Å². The van der Waals surface area contributed by atoms with E-state index in [2.05, 4.69) is 10.3 Å². The lowest BCUT2D eigenvalue weighted by Crippen LogP contribution is -2.38. The zero-order valence-electron chi connectivity index (χ0n) is 21.7. The van der Waals surface area contributed by atoms with Crippen LogP contribution in [0.5, 0.6) is 0 Å². The summed E-state index contributed by atoms with van der Waals surface area (Å²) in [5, 5.41) is 8.11. The number of rotatable bonds is 12. The molecule has 0 spiro atoms. The van der Waals surface area contributed by atoms with Crippen molar-refractivity contribution in [3.8, 4) is 0 Å². The molecule has 1 aliphatic rings. The van der Waals surface area contributed by atoms with E-state index in [1.165, 1.54) is 18.0 Å². The van der Waals surface area contributed by atoms with Gasteiger partial charge < -0.3 is 23.7 Å². The second-order valence-electron chi connectivity index (χ2n) is 9.16. The van der Waals surface area contributed by atoms with Gasteiger partial charge in [-0.3, -0.25) is 0 Å². The van der Waals surface area contributed by atoms with E-state index in [0.717, 1.165) is 16.7 Å². The topological polar surface area (TPSA) is 93.9 Å². The molecule has 39 heavy (non-hydrogen) atoms. The first-order valence-corrected chi connectivity index (χ1v) is 12.8. The molecule has 9 nitrogen and oxygen atoms in total. The van der Waals surface area contributed by atoms with Crippen LogP contribution in [0.3, 0.4) is 0 Å². The summed E-state index contributed by atoms with van der Waals surface area (Å²) in [4.78, 5) is 12.0. The van der Waals surface area contributed by atoms with Crippen LogP contribution in [0, 0.1) is 0 Å². The van der Waals surface area contributed by atoms with Crippen LogP contribution in [0.4, 0.5) is 0 Å². The predicted molar refractivity (Wildman–Crippen MR) is 141 cm³/mol. The number of methoxy groups -OCH3 is 1. The minimum absolute atomic E-state index is 0.0773. The van der Waals surface area contributed by atoms with E-state index in [-0.39, 0.29) is 12.3 Å². The Bertz CT molecular complexity index is 1300. The van der Waals surface area contributed by atoms with E-state index in [4.69, 9.17) is 23.7 Å². The highest BCUT2D eigenvalue weighted by Gasteiger charge is 2.48. The summed E-state index contributed by atoms with van der Waals surface area (Å²) in [5.74, 6) is -0.583. The van der Waals surface area contributed by atoms with Crippen molar-refractivity contribution in [3.05, 3.63) is 120 Å². The van der Waals surface area contributed by atoms with Gasteiger partial charge in [-0.05, 0) is 16.7 Å². The second-order valence-corrected chi connectivity index (χ2v) is 9.16. The van der Waals surface area contributed by atoms with Crippen LogP contribution in [0.1, 0.15) is 33.4 Å². The van der Waals surface area contributed by atoms with Crippen molar-refractivity contribution < 1.29 is 28.5 Å². The van der Waals surface area contributed by atoms with Crippen molar-refractivity contribution in [2.75, 3.05) is 13.7 Å². The molecule has 9 heteroatoms. The summed E-state index contributed by atoms with van der Waals surface area (Å²) in [6, 6.07) is 29.7. The van der Waals surface area contributed by atoms with Crippen LogP contribution in [0.2, 0.25) is 0 Å². The Balaban J connectivity index is 1.38. The van der Waals surface area contributed by atoms with Crippen molar-refractivity contribution in [2.45, 2.75) is 44.4 Å². The third-order valence-electron chi connectivity index (χ3n) is 6.42. The summed E-state index contributed by atoms with van der Waals surface area (Å²) in [6.45, 7) is 1.41. The fourth-order valence-corrected chi connectivity index (χ4v) is 4.43. The number of benzene rings is 3. The van der Waals surface area contributed by atoms with Gasteiger partial charge in [0.1, 0.15) is 18.3 Å². The maximum absolute atomic E-state index is 12.0. The van der Waals surface area contributed by atoms with Gasteiger partial charge in [0.2, 0.25) is 0 Å². The third kappa shape index (κ3) is 6.96. The van der Waals surface area contributed by atoms with Crippen LogP contribution in [-0.4, -0.2) is 53.0 Å². The smallest absolute Gasteiger partial charge is 0.360 e. The van der Waals surface area contributed by atoms with Crippen molar-refractivity contribution in [2.24, 2.45) is 0 Å². The lowest BCUT2D eigenvalue weighted by molar-refractivity contribution is -0.0936. The minimum atomic E-state index is -0.703. The van der Waals surface area contributed by atoms with Gasteiger partial charge in [0, 0.05) is 0 Å². The van der Waals surface area contributed by atoms with Gasteiger partial charge in [-0.25, -0.2) is 9.48 Å². The standard InChI is InChI=1S/C30H31N3O6/c1-35-30(34)25-17-33(32-31-25)29-28(38-20-24-15-9-4-10-16-24)27(37-19-23-13-7-3-8-14-23)26(39-29)21-36-18-22-11-5-2-6-12-22/h2-17,26-29H,18-21H2,1H3/t26-,27-,28+,29-/m1/s1. The van der Waals surface area contributed by atoms with Crippen LogP contribution in [-0.2, 0) is 43.5 Å². The highest BCUT2D eigenvalue weighted by molar-refractivity contribution is 5.86. The molecule has 202 valence electrons. The average molecular weight is 530 g/mol. The van der Waals surface area contributed by atoms with E-state index < -0.39 is 30.5 Å². The van der Waals surface area contributed by atoms with Crippen LogP contribution < -0.4 is 0 Å². The molecular formula is C30H31N3O6. The zero-order valence-corrected chi connectivity index (χ0v) is 21.7. The van der Waals surface area contributed by atoms with Crippen LogP contribution in [0.15, 0.2) is 97.2 Å². The normalized spacial score (nSPS) is 20.6. The summed E-state index contributed by atoms with van der Waals surface area (Å²) in [7, 11) is 1.30. The maximum Gasteiger partial charge on any atom is 0.360 e. The molecule has 1 aromatic heterocycles. The molecule has 0 unspecified atom stereocenters. The summed E-state index contributed by atoms with van der Waals surface area (Å²) >= 11 is 0. The average Bonchev–Trinajstić information content (AvgIpc) is 3.61. The first kappa shape index (κ1) is 26.7. The summed E-state index contributed by atoms with van der Waals surface area (Å²) in [6.07, 6.45) is -0.719. The minimum Gasteiger partial charge on any atom is -0.464 e. The van der Waals surface area contributed by atoms with E-state index in [1.807, 2.05) is 91.0 Å². The van der Waals surface area contributed by atoms with E-state index in [9.17, 15) is 4.79 Å². The maximum atomic E-state index is 12.0. The van der Waals surface area contributed by atoms with E-state index in [0.29, 0.717) is 19.8 Å². The van der Waals surface area contributed by atoms with Gasteiger partial charge in [-0.15, -0.1) is 5.10 Å². The van der Waals surface area contributed by atoms with Gasteiger partial charge in [0.25, 0.3) is 0 Å². The Morgan fingerprint density at radius 1 is 0.795 bits per heavy atom. The molecule has 4 aromatic rings. The number of nitrogens with zero attached hydrogens (tertiary/aromatic N) is 3.